The second-order valence-corrected chi connectivity index (χ2v) is 4.45. The number of carbonyl (C=O) groups excluding carboxylic acids is 1. The molecule has 0 aliphatic carbocycles. The van der Waals surface area contributed by atoms with Crippen LogP contribution in [0.1, 0.15) is 25.7 Å². The van der Waals surface area contributed by atoms with E-state index in [1.807, 2.05) is 0 Å². The number of ether oxygens (including phenoxy) is 1. The van der Waals surface area contributed by atoms with Crippen molar-refractivity contribution in [2.45, 2.75) is 31.7 Å². The van der Waals surface area contributed by atoms with E-state index in [4.69, 9.17) is 4.74 Å². The largest absolute Gasteiger partial charge is 0.379 e. The lowest BCUT2D eigenvalue weighted by Gasteiger charge is -2.27. The normalized spacial score (nSPS) is 28.7. The Bertz CT molecular complexity index is 209. The molecule has 0 radical (unpaired) electrons. The monoisotopic (exact) mass is 212 g/mol. The Balaban J connectivity index is 1.74. The average molecular weight is 212 g/mol. The molecular weight excluding hydrogens is 192 g/mol. The van der Waals surface area contributed by atoms with Crippen molar-refractivity contribution in [1.82, 2.24) is 10.6 Å². The molecule has 4 nitrogen and oxygen atoms in total. The average Bonchev–Trinajstić information content (AvgIpc) is 2.31. The third kappa shape index (κ3) is 3.18. The van der Waals surface area contributed by atoms with E-state index in [9.17, 15) is 4.79 Å². The van der Waals surface area contributed by atoms with Gasteiger partial charge in [0.15, 0.2) is 0 Å². The first kappa shape index (κ1) is 10.9. The van der Waals surface area contributed by atoms with E-state index in [1.165, 1.54) is 0 Å². The summed E-state index contributed by atoms with van der Waals surface area (Å²) in [5.74, 6) is 0.445. The second-order valence-electron chi connectivity index (χ2n) is 4.45. The van der Waals surface area contributed by atoms with Crippen LogP contribution in [0.2, 0.25) is 0 Å². The van der Waals surface area contributed by atoms with Gasteiger partial charge in [0.25, 0.3) is 0 Å². The summed E-state index contributed by atoms with van der Waals surface area (Å²) in [4.78, 5) is 11.9. The lowest BCUT2D eigenvalue weighted by atomic mass is 9.96. The molecule has 2 N–H and O–H groups in total. The Morgan fingerprint density at radius 3 is 2.73 bits per heavy atom. The molecule has 0 aromatic rings. The number of nitrogens with one attached hydrogen (secondary N) is 2. The first-order valence-electron chi connectivity index (χ1n) is 5.95. The number of rotatable bonds is 2. The third-order valence-electron chi connectivity index (χ3n) is 3.22. The predicted octanol–water partition coefficient (Wildman–Crippen LogP) is 0.281. The molecule has 1 unspecified atom stereocenters. The van der Waals surface area contributed by atoms with E-state index in [2.05, 4.69) is 10.6 Å². The fourth-order valence-electron chi connectivity index (χ4n) is 2.26. The summed E-state index contributed by atoms with van der Waals surface area (Å²) >= 11 is 0. The molecule has 0 aromatic carbocycles. The van der Waals surface area contributed by atoms with E-state index < -0.39 is 0 Å². The summed E-state index contributed by atoms with van der Waals surface area (Å²) in [6.45, 7) is 3.48. The Morgan fingerprint density at radius 2 is 2.07 bits per heavy atom. The van der Waals surface area contributed by atoms with Gasteiger partial charge in [0.05, 0.1) is 12.6 Å². The number of piperidine rings is 1. The van der Waals surface area contributed by atoms with Crippen LogP contribution >= 0.6 is 0 Å². The van der Waals surface area contributed by atoms with Crippen LogP contribution in [0, 0.1) is 5.92 Å². The van der Waals surface area contributed by atoms with Crippen molar-refractivity contribution in [2.24, 2.45) is 5.92 Å². The molecule has 86 valence electrons. The second kappa shape index (κ2) is 5.47. The Labute approximate surface area is 90.8 Å². The van der Waals surface area contributed by atoms with Crippen LogP contribution in [0.4, 0.5) is 0 Å². The van der Waals surface area contributed by atoms with E-state index in [0.717, 1.165) is 45.4 Å². The standard InChI is InChI=1S/C11H20N2O2/c14-11(9-3-5-12-6-4-9)13-10-2-1-7-15-8-10/h9-10,12H,1-8H2,(H,13,14). The van der Waals surface area contributed by atoms with Crippen LogP contribution in [0.3, 0.4) is 0 Å². The SMILES string of the molecule is O=C(NC1CCCOC1)C1CCNCC1. The number of hydrogen-bond acceptors (Lipinski definition) is 3. The number of hydrogen-bond donors (Lipinski definition) is 2. The van der Waals surface area contributed by atoms with Gasteiger partial charge in [-0.15, -0.1) is 0 Å². The number of carbonyl (C=O) groups is 1. The van der Waals surface area contributed by atoms with Crippen LogP contribution in [-0.2, 0) is 9.53 Å². The van der Waals surface area contributed by atoms with Crippen molar-refractivity contribution >= 4 is 5.91 Å². The van der Waals surface area contributed by atoms with E-state index in [-0.39, 0.29) is 17.9 Å². The lowest BCUT2D eigenvalue weighted by molar-refractivity contribution is -0.127. The first-order chi connectivity index (χ1) is 7.36. The molecular formula is C11H20N2O2. The molecule has 2 heterocycles. The maximum atomic E-state index is 11.9. The Morgan fingerprint density at radius 1 is 1.27 bits per heavy atom. The van der Waals surface area contributed by atoms with Crippen LogP contribution in [0.5, 0.6) is 0 Å². The molecule has 4 heteroatoms. The molecule has 2 aliphatic rings. The van der Waals surface area contributed by atoms with E-state index >= 15 is 0 Å². The molecule has 2 fully saturated rings. The fraction of sp³-hybridized carbons (Fsp3) is 0.909. The van der Waals surface area contributed by atoms with Gasteiger partial charge in [0.2, 0.25) is 5.91 Å². The van der Waals surface area contributed by atoms with Crippen molar-refractivity contribution in [3.05, 3.63) is 0 Å². The van der Waals surface area contributed by atoms with Crippen molar-refractivity contribution < 1.29 is 9.53 Å². The summed E-state index contributed by atoms with van der Waals surface area (Å²) in [7, 11) is 0. The zero-order valence-electron chi connectivity index (χ0n) is 9.13. The highest BCUT2D eigenvalue weighted by molar-refractivity contribution is 5.79. The van der Waals surface area contributed by atoms with Crippen LogP contribution in [-0.4, -0.2) is 38.3 Å². The molecule has 0 saturated carbocycles. The molecule has 2 rings (SSSR count). The molecule has 0 aromatic heterocycles. The Kier molecular flexibility index (Phi) is 3.97. The van der Waals surface area contributed by atoms with Gasteiger partial charge in [0, 0.05) is 12.5 Å². The zero-order valence-corrected chi connectivity index (χ0v) is 9.13. The van der Waals surface area contributed by atoms with Gasteiger partial charge in [-0.1, -0.05) is 0 Å². The summed E-state index contributed by atoms with van der Waals surface area (Å²) < 4.78 is 5.34. The van der Waals surface area contributed by atoms with E-state index in [0.29, 0.717) is 6.61 Å². The molecule has 15 heavy (non-hydrogen) atoms. The molecule has 2 saturated heterocycles. The van der Waals surface area contributed by atoms with Crippen molar-refractivity contribution in [2.75, 3.05) is 26.3 Å². The minimum absolute atomic E-state index is 0.216. The van der Waals surface area contributed by atoms with Gasteiger partial charge in [0.1, 0.15) is 0 Å². The Hall–Kier alpha value is -0.610. The van der Waals surface area contributed by atoms with Crippen molar-refractivity contribution in [1.29, 1.82) is 0 Å². The topological polar surface area (TPSA) is 50.4 Å². The zero-order chi connectivity index (χ0) is 10.5. The number of amides is 1. The molecule has 0 bridgehead atoms. The van der Waals surface area contributed by atoms with Gasteiger partial charge in [-0.25, -0.2) is 0 Å². The smallest absolute Gasteiger partial charge is 0.223 e. The van der Waals surface area contributed by atoms with Gasteiger partial charge in [-0.05, 0) is 38.8 Å². The first-order valence-corrected chi connectivity index (χ1v) is 5.95. The van der Waals surface area contributed by atoms with Gasteiger partial charge < -0.3 is 15.4 Å². The van der Waals surface area contributed by atoms with E-state index in [1.54, 1.807) is 0 Å². The quantitative estimate of drug-likeness (QED) is 0.691. The van der Waals surface area contributed by atoms with Gasteiger partial charge in [-0.2, -0.15) is 0 Å². The molecule has 2 aliphatic heterocycles. The summed E-state index contributed by atoms with van der Waals surface area (Å²) in [6, 6.07) is 0.251. The van der Waals surface area contributed by atoms with Crippen LogP contribution in [0.15, 0.2) is 0 Å². The highest BCUT2D eigenvalue weighted by Crippen LogP contribution is 2.13. The van der Waals surface area contributed by atoms with Gasteiger partial charge in [-0.3, -0.25) is 4.79 Å². The maximum absolute atomic E-state index is 11.9. The summed E-state index contributed by atoms with van der Waals surface area (Å²) in [6.07, 6.45) is 4.08. The van der Waals surface area contributed by atoms with Gasteiger partial charge >= 0.3 is 0 Å². The molecule has 1 atom stereocenters. The predicted molar refractivity (Wildman–Crippen MR) is 57.6 cm³/mol. The van der Waals surface area contributed by atoms with Crippen LogP contribution < -0.4 is 10.6 Å². The highest BCUT2D eigenvalue weighted by atomic mass is 16.5. The van der Waals surface area contributed by atoms with Crippen molar-refractivity contribution in [3.63, 3.8) is 0 Å². The molecule has 0 spiro atoms. The van der Waals surface area contributed by atoms with Crippen molar-refractivity contribution in [3.8, 4) is 0 Å². The third-order valence-corrected chi connectivity index (χ3v) is 3.22. The lowest BCUT2D eigenvalue weighted by Crippen LogP contribution is -2.45. The summed E-state index contributed by atoms with van der Waals surface area (Å²) in [5, 5.41) is 6.37. The molecule has 1 amide bonds. The minimum Gasteiger partial charge on any atom is -0.379 e. The maximum Gasteiger partial charge on any atom is 0.223 e. The van der Waals surface area contributed by atoms with Crippen LogP contribution in [0.25, 0.3) is 0 Å². The highest BCUT2D eigenvalue weighted by Gasteiger charge is 2.24. The fourth-order valence-corrected chi connectivity index (χ4v) is 2.26. The minimum atomic E-state index is 0.216. The summed E-state index contributed by atoms with van der Waals surface area (Å²) in [5.41, 5.74) is 0.